The monoisotopic (exact) mass is 375 g/mol. The highest BCUT2D eigenvalue weighted by Crippen LogP contribution is 2.21. The number of rotatable bonds is 7. The van der Waals surface area contributed by atoms with Crippen LogP contribution in [0.4, 0.5) is 10.5 Å². The topological polar surface area (TPSA) is 63.2 Å². The van der Waals surface area contributed by atoms with Crippen LogP contribution in [-0.4, -0.2) is 11.0 Å². The summed E-state index contributed by atoms with van der Waals surface area (Å²) >= 11 is 0. The van der Waals surface area contributed by atoms with Crippen LogP contribution < -0.4 is 15.4 Å². The van der Waals surface area contributed by atoms with Gasteiger partial charge >= 0.3 is 6.03 Å². The lowest BCUT2D eigenvalue weighted by Gasteiger charge is -2.14. The standard InChI is InChI=1S/C23H25N3O2/c1-3-19-10-6-8-17(2)22(19)26-23(27)25-15-18-9-7-12-21(14-18)28-16-20-11-4-5-13-24-20/h4-14H,3,15-16H2,1-2H3,(H2,25,26,27). The normalized spacial score (nSPS) is 10.4. The fraction of sp³-hybridized carbons (Fsp3) is 0.217. The molecule has 28 heavy (non-hydrogen) atoms. The smallest absolute Gasteiger partial charge is 0.319 e. The van der Waals surface area contributed by atoms with Crippen molar-refractivity contribution in [1.82, 2.24) is 10.3 Å². The lowest BCUT2D eigenvalue weighted by atomic mass is 10.1. The van der Waals surface area contributed by atoms with Crippen LogP contribution in [0.3, 0.4) is 0 Å². The van der Waals surface area contributed by atoms with Crippen molar-refractivity contribution >= 4 is 11.7 Å². The molecule has 0 saturated heterocycles. The van der Waals surface area contributed by atoms with Crippen LogP contribution >= 0.6 is 0 Å². The quantitative estimate of drug-likeness (QED) is 0.620. The Bertz CT molecular complexity index is 926. The zero-order valence-corrected chi connectivity index (χ0v) is 16.2. The highest BCUT2D eigenvalue weighted by Gasteiger charge is 2.08. The highest BCUT2D eigenvalue weighted by molar-refractivity contribution is 5.91. The number of carbonyl (C=O) groups excluding carboxylic acids is 1. The van der Waals surface area contributed by atoms with Crippen molar-refractivity contribution in [3.8, 4) is 5.75 Å². The molecule has 0 spiro atoms. The number of urea groups is 1. The highest BCUT2D eigenvalue weighted by atomic mass is 16.5. The molecule has 0 atom stereocenters. The van der Waals surface area contributed by atoms with E-state index in [0.29, 0.717) is 13.2 Å². The first kappa shape index (κ1) is 19.4. The SMILES string of the molecule is CCc1cccc(C)c1NC(=O)NCc1cccc(OCc2ccccn2)c1. The average Bonchev–Trinajstić information content (AvgIpc) is 2.73. The van der Waals surface area contributed by atoms with E-state index in [-0.39, 0.29) is 6.03 Å². The van der Waals surface area contributed by atoms with Gasteiger partial charge in [0, 0.05) is 18.4 Å². The molecule has 1 aromatic heterocycles. The molecule has 0 aliphatic carbocycles. The van der Waals surface area contributed by atoms with Crippen molar-refractivity contribution < 1.29 is 9.53 Å². The lowest BCUT2D eigenvalue weighted by Crippen LogP contribution is -2.29. The molecule has 5 heteroatoms. The molecular formula is C23H25N3O2. The predicted molar refractivity (Wildman–Crippen MR) is 111 cm³/mol. The Labute approximate surface area is 165 Å². The van der Waals surface area contributed by atoms with E-state index in [9.17, 15) is 4.79 Å². The van der Waals surface area contributed by atoms with Crippen LogP contribution in [0.2, 0.25) is 0 Å². The van der Waals surface area contributed by atoms with Gasteiger partial charge in [-0.2, -0.15) is 0 Å². The second-order valence-corrected chi connectivity index (χ2v) is 6.53. The molecule has 0 aliphatic rings. The first-order valence-corrected chi connectivity index (χ1v) is 9.40. The number of aromatic nitrogens is 1. The maximum atomic E-state index is 12.3. The fourth-order valence-corrected chi connectivity index (χ4v) is 2.93. The van der Waals surface area contributed by atoms with Gasteiger partial charge in [0.05, 0.1) is 5.69 Å². The molecule has 144 valence electrons. The molecule has 2 aromatic carbocycles. The summed E-state index contributed by atoms with van der Waals surface area (Å²) in [6.07, 6.45) is 2.61. The first-order valence-electron chi connectivity index (χ1n) is 9.40. The molecule has 0 saturated carbocycles. The summed E-state index contributed by atoms with van der Waals surface area (Å²) in [6.45, 7) is 4.90. The Kier molecular flexibility index (Phi) is 6.63. The summed E-state index contributed by atoms with van der Waals surface area (Å²) in [5, 5.41) is 5.88. The maximum Gasteiger partial charge on any atom is 0.319 e. The van der Waals surface area contributed by atoms with Crippen LogP contribution in [0.5, 0.6) is 5.75 Å². The van der Waals surface area contributed by atoms with Gasteiger partial charge in [-0.3, -0.25) is 4.98 Å². The van der Waals surface area contributed by atoms with E-state index < -0.39 is 0 Å². The fourth-order valence-electron chi connectivity index (χ4n) is 2.93. The summed E-state index contributed by atoms with van der Waals surface area (Å²) in [6, 6.07) is 19.2. The number of pyridine rings is 1. The van der Waals surface area contributed by atoms with Crippen molar-refractivity contribution in [2.45, 2.75) is 33.4 Å². The molecular weight excluding hydrogens is 350 g/mol. The Hall–Kier alpha value is -3.34. The number of nitrogens with one attached hydrogen (secondary N) is 2. The first-order chi connectivity index (χ1) is 13.7. The lowest BCUT2D eigenvalue weighted by molar-refractivity contribution is 0.251. The number of carbonyl (C=O) groups is 1. The Balaban J connectivity index is 1.55. The third-order valence-electron chi connectivity index (χ3n) is 4.44. The summed E-state index contributed by atoms with van der Waals surface area (Å²) in [7, 11) is 0. The molecule has 1 heterocycles. The van der Waals surface area contributed by atoms with E-state index in [2.05, 4.69) is 22.5 Å². The van der Waals surface area contributed by atoms with Gasteiger partial charge in [0.1, 0.15) is 12.4 Å². The van der Waals surface area contributed by atoms with Gasteiger partial charge in [0.15, 0.2) is 0 Å². The number of para-hydroxylation sites is 1. The summed E-state index contributed by atoms with van der Waals surface area (Å²) in [5.41, 5.74) is 4.90. The zero-order valence-electron chi connectivity index (χ0n) is 16.2. The van der Waals surface area contributed by atoms with Crippen molar-refractivity contribution in [2.24, 2.45) is 0 Å². The summed E-state index contributed by atoms with van der Waals surface area (Å²) in [5.74, 6) is 0.748. The molecule has 0 radical (unpaired) electrons. The van der Waals surface area contributed by atoms with Crippen molar-refractivity contribution in [1.29, 1.82) is 0 Å². The Morgan fingerprint density at radius 1 is 1.07 bits per heavy atom. The van der Waals surface area contributed by atoms with Crippen molar-refractivity contribution in [3.05, 3.63) is 89.2 Å². The molecule has 3 rings (SSSR count). The van der Waals surface area contributed by atoms with Crippen LogP contribution in [-0.2, 0) is 19.6 Å². The van der Waals surface area contributed by atoms with Crippen LogP contribution in [0.15, 0.2) is 66.9 Å². The van der Waals surface area contributed by atoms with Crippen molar-refractivity contribution in [2.75, 3.05) is 5.32 Å². The maximum absolute atomic E-state index is 12.3. The summed E-state index contributed by atoms with van der Waals surface area (Å²) in [4.78, 5) is 16.6. The average molecular weight is 375 g/mol. The predicted octanol–water partition coefficient (Wildman–Crippen LogP) is 4.85. The van der Waals surface area contributed by atoms with Gasteiger partial charge in [-0.15, -0.1) is 0 Å². The number of anilines is 1. The molecule has 2 N–H and O–H groups in total. The van der Waals surface area contributed by atoms with E-state index >= 15 is 0 Å². The Morgan fingerprint density at radius 3 is 2.71 bits per heavy atom. The molecule has 3 aromatic rings. The van der Waals surface area contributed by atoms with Gasteiger partial charge in [0.25, 0.3) is 0 Å². The minimum atomic E-state index is -0.219. The molecule has 0 aliphatic heterocycles. The molecule has 0 unspecified atom stereocenters. The zero-order chi connectivity index (χ0) is 19.8. The number of ether oxygens (including phenoxy) is 1. The summed E-state index contributed by atoms with van der Waals surface area (Å²) < 4.78 is 5.79. The minimum Gasteiger partial charge on any atom is -0.487 e. The van der Waals surface area contributed by atoms with Gasteiger partial charge in [0.2, 0.25) is 0 Å². The van der Waals surface area contributed by atoms with E-state index in [1.165, 1.54) is 0 Å². The number of nitrogens with zero attached hydrogens (tertiary/aromatic N) is 1. The number of hydrogen-bond acceptors (Lipinski definition) is 3. The van der Waals surface area contributed by atoms with E-state index in [1.807, 2.05) is 67.6 Å². The van der Waals surface area contributed by atoms with Crippen LogP contribution in [0.25, 0.3) is 0 Å². The van der Waals surface area contributed by atoms with Gasteiger partial charge in [-0.05, 0) is 54.3 Å². The molecule has 2 amide bonds. The number of benzene rings is 2. The van der Waals surface area contributed by atoms with E-state index in [1.54, 1.807) is 6.20 Å². The third kappa shape index (κ3) is 5.33. The number of hydrogen-bond donors (Lipinski definition) is 2. The van der Waals surface area contributed by atoms with Gasteiger partial charge in [-0.25, -0.2) is 4.79 Å². The molecule has 0 bridgehead atoms. The van der Waals surface area contributed by atoms with E-state index in [4.69, 9.17) is 4.74 Å². The van der Waals surface area contributed by atoms with Crippen molar-refractivity contribution in [3.63, 3.8) is 0 Å². The second kappa shape index (κ2) is 9.55. The third-order valence-corrected chi connectivity index (χ3v) is 4.44. The Morgan fingerprint density at radius 2 is 1.93 bits per heavy atom. The minimum absolute atomic E-state index is 0.219. The van der Waals surface area contributed by atoms with Crippen LogP contribution in [0.1, 0.15) is 29.3 Å². The number of amides is 2. The molecule has 0 fully saturated rings. The molecule has 5 nitrogen and oxygen atoms in total. The van der Waals surface area contributed by atoms with E-state index in [0.717, 1.165) is 40.2 Å². The van der Waals surface area contributed by atoms with Crippen LogP contribution in [0, 0.1) is 6.92 Å². The number of aryl methyl sites for hydroxylation is 2. The largest absolute Gasteiger partial charge is 0.487 e. The van der Waals surface area contributed by atoms with Gasteiger partial charge < -0.3 is 15.4 Å². The van der Waals surface area contributed by atoms with Gasteiger partial charge in [-0.1, -0.05) is 43.3 Å². The second-order valence-electron chi connectivity index (χ2n) is 6.53.